The van der Waals surface area contributed by atoms with Gasteiger partial charge in [-0.25, -0.2) is 0 Å². The van der Waals surface area contributed by atoms with Crippen LogP contribution in [0.4, 0.5) is 0 Å². The Morgan fingerprint density at radius 1 is 1.14 bits per heavy atom. The zero-order chi connectivity index (χ0) is 15.5. The summed E-state index contributed by atoms with van der Waals surface area (Å²) in [6, 6.07) is 18.2. The van der Waals surface area contributed by atoms with Gasteiger partial charge < -0.3 is 5.11 Å². The zero-order valence-corrected chi connectivity index (χ0v) is 12.8. The Morgan fingerprint density at radius 3 is 2.55 bits per heavy atom. The van der Waals surface area contributed by atoms with Crippen LogP contribution in [0.25, 0.3) is 0 Å². The van der Waals surface area contributed by atoms with Gasteiger partial charge >= 0.3 is 5.97 Å². The molecule has 1 heterocycles. The van der Waals surface area contributed by atoms with Crippen LogP contribution in [-0.4, -0.2) is 28.6 Å². The third-order valence-electron chi connectivity index (χ3n) is 4.38. The minimum Gasteiger partial charge on any atom is -0.480 e. The first-order valence-corrected chi connectivity index (χ1v) is 7.77. The lowest BCUT2D eigenvalue weighted by molar-refractivity contribution is -0.142. The largest absolute Gasteiger partial charge is 0.480 e. The van der Waals surface area contributed by atoms with E-state index in [9.17, 15) is 9.90 Å². The SMILES string of the molecule is Cc1cccc(C(c2ccccc2)N2CCCC2C(=O)O)c1. The van der Waals surface area contributed by atoms with Crippen LogP contribution in [0.2, 0.25) is 0 Å². The van der Waals surface area contributed by atoms with Crippen LogP contribution < -0.4 is 0 Å². The van der Waals surface area contributed by atoms with Gasteiger partial charge in [0, 0.05) is 6.54 Å². The van der Waals surface area contributed by atoms with E-state index in [2.05, 4.69) is 42.2 Å². The summed E-state index contributed by atoms with van der Waals surface area (Å²) in [4.78, 5) is 13.7. The average molecular weight is 295 g/mol. The molecule has 0 aliphatic carbocycles. The lowest BCUT2D eigenvalue weighted by Gasteiger charge is -2.32. The second-order valence-electron chi connectivity index (χ2n) is 5.96. The molecule has 3 rings (SSSR count). The van der Waals surface area contributed by atoms with Crippen LogP contribution in [0, 0.1) is 6.92 Å². The Kier molecular flexibility index (Phi) is 4.25. The van der Waals surface area contributed by atoms with Crippen molar-refractivity contribution in [2.45, 2.75) is 31.8 Å². The number of nitrogens with zero attached hydrogens (tertiary/aromatic N) is 1. The first-order valence-electron chi connectivity index (χ1n) is 7.77. The van der Waals surface area contributed by atoms with Crippen LogP contribution in [0.1, 0.15) is 35.6 Å². The van der Waals surface area contributed by atoms with E-state index in [1.807, 2.05) is 24.3 Å². The molecule has 1 fully saturated rings. The molecule has 3 nitrogen and oxygen atoms in total. The standard InChI is InChI=1S/C19H21NO2/c1-14-7-5-10-16(13-14)18(15-8-3-2-4-9-15)20-12-6-11-17(20)19(21)22/h2-5,7-10,13,17-18H,6,11-12H2,1H3,(H,21,22). The molecule has 0 saturated carbocycles. The molecule has 1 N–H and O–H groups in total. The van der Waals surface area contributed by atoms with Crippen molar-refractivity contribution in [1.82, 2.24) is 4.90 Å². The van der Waals surface area contributed by atoms with Crippen LogP contribution >= 0.6 is 0 Å². The lowest BCUT2D eigenvalue weighted by atomic mass is 9.95. The number of hydrogen-bond donors (Lipinski definition) is 1. The monoisotopic (exact) mass is 295 g/mol. The Morgan fingerprint density at radius 2 is 1.86 bits per heavy atom. The van der Waals surface area contributed by atoms with E-state index in [1.165, 1.54) is 11.1 Å². The third-order valence-corrected chi connectivity index (χ3v) is 4.38. The second kappa shape index (κ2) is 6.32. The molecule has 2 aromatic rings. The number of carboxylic acid groups (broad SMARTS) is 1. The molecule has 0 amide bonds. The number of carboxylic acids is 1. The molecule has 2 aromatic carbocycles. The quantitative estimate of drug-likeness (QED) is 0.936. The molecule has 0 bridgehead atoms. The van der Waals surface area contributed by atoms with E-state index < -0.39 is 12.0 Å². The first-order chi connectivity index (χ1) is 10.7. The van der Waals surface area contributed by atoms with E-state index in [0.29, 0.717) is 0 Å². The van der Waals surface area contributed by atoms with Gasteiger partial charge in [0.05, 0.1) is 6.04 Å². The van der Waals surface area contributed by atoms with Crippen molar-refractivity contribution in [3.8, 4) is 0 Å². The highest BCUT2D eigenvalue weighted by atomic mass is 16.4. The normalized spacial score (nSPS) is 20.0. The Bertz CT molecular complexity index is 653. The highest BCUT2D eigenvalue weighted by Gasteiger charge is 2.36. The lowest BCUT2D eigenvalue weighted by Crippen LogP contribution is -2.39. The molecule has 0 spiro atoms. The molecule has 2 atom stereocenters. The van der Waals surface area contributed by atoms with Gasteiger partial charge in [-0.05, 0) is 30.9 Å². The van der Waals surface area contributed by atoms with Gasteiger partial charge in [-0.1, -0.05) is 60.2 Å². The summed E-state index contributed by atoms with van der Waals surface area (Å²) in [6.45, 7) is 2.90. The minimum atomic E-state index is -0.717. The van der Waals surface area contributed by atoms with Gasteiger partial charge in [-0.3, -0.25) is 9.69 Å². The fourth-order valence-electron chi connectivity index (χ4n) is 3.41. The van der Waals surface area contributed by atoms with E-state index in [0.717, 1.165) is 24.9 Å². The summed E-state index contributed by atoms with van der Waals surface area (Å²) in [5.74, 6) is -0.717. The van der Waals surface area contributed by atoms with Crippen LogP contribution in [-0.2, 0) is 4.79 Å². The highest BCUT2D eigenvalue weighted by molar-refractivity contribution is 5.74. The van der Waals surface area contributed by atoms with E-state index >= 15 is 0 Å². The molecule has 114 valence electrons. The fourth-order valence-corrected chi connectivity index (χ4v) is 3.41. The predicted molar refractivity (Wildman–Crippen MR) is 86.8 cm³/mol. The second-order valence-corrected chi connectivity index (χ2v) is 5.96. The van der Waals surface area contributed by atoms with Gasteiger partial charge in [0.25, 0.3) is 0 Å². The molecular weight excluding hydrogens is 274 g/mol. The molecule has 1 aliphatic heterocycles. The number of aryl methyl sites for hydroxylation is 1. The topological polar surface area (TPSA) is 40.5 Å². The molecular formula is C19H21NO2. The highest BCUT2D eigenvalue weighted by Crippen LogP contribution is 2.35. The van der Waals surface area contributed by atoms with Gasteiger partial charge in [-0.15, -0.1) is 0 Å². The van der Waals surface area contributed by atoms with Crippen LogP contribution in [0.5, 0.6) is 0 Å². The van der Waals surface area contributed by atoms with Gasteiger partial charge in [0.15, 0.2) is 0 Å². The average Bonchev–Trinajstić information content (AvgIpc) is 2.98. The number of hydrogen-bond acceptors (Lipinski definition) is 2. The molecule has 1 saturated heterocycles. The van der Waals surface area contributed by atoms with Crippen molar-refractivity contribution in [2.24, 2.45) is 0 Å². The fraction of sp³-hybridized carbons (Fsp3) is 0.316. The Labute approximate surface area is 131 Å². The van der Waals surface area contributed by atoms with E-state index in [-0.39, 0.29) is 6.04 Å². The number of likely N-dealkylation sites (tertiary alicyclic amines) is 1. The van der Waals surface area contributed by atoms with Crippen LogP contribution in [0.15, 0.2) is 54.6 Å². The summed E-state index contributed by atoms with van der Waals surface area (Å²) in [5.41, 5.74) is 3.52. The van der Waals surface area contributed by atoms with E-state index in [1.54, 1.807) is 0 Å². The molecule has 1 aliphatic rings. The van der Waals surface area contributed by atoms with Crippen LogP contribution in [0.3, 0.4) is 0 Å². The molecule has 0 radical (unpaired) electrons. The maximum absolute atomic E-state index is 11.6. The summed E-state index contributed by atoms with van der Waals surface area (Å²) in [7, 11) is 0. The Balaban J connectivity index is 2.05. The molecule has 2 unspecified atom stereocenters. The summed E-state index contributed by atoms with van der Waals surface area (Å²) in [5, 5.41) is 9.54. The van der Waals surface area contributed by atoms with Crippen molar-refractivity contribution >= 4 is 5.97 Å². The molecule has 0 aromatic heterocycles. The smallest absolute Gasteiger partial charge is 0.320 e. The number of carbonyl (C=O) groups is 1. The minimum absolute atomic E-state index is 0.00435. The number of aliphatic carboxylic acids is 1. The van der Waals surface area contributed by atoms with Gasteiger partial charge in [0.1, 0.15) is 6.04 Å². The maximum atomic E-state index is 11.6. The maximum Gasteiger partial charge on any atom is 0.320 e. The van der Waals surface area contributed by atoms with Gasteiger partial charge in [0.2, 0.25) is 0 Å². The van der Waals surface area contributed by atoms with Gasteiger partial charge in [-0.2, -0.15) is 0 Å². The summed E-state index contributed by atoms with van der Waals surface area (Å²) >= 11 is 0. The van der Waals surface area contributed by atoms with Crippen molar-refractivity contribution in [3.63, 3.8) is 0 Å². The summed E-state index contributed by atoms with van der Waals surface area (Å²) in [6.07, 6.45) is 1.66. The number of rotatable bonds is 4. The number of benzene rings is 2. The Hall–Kier alpha value is -2.13. The first kappa shape index (κ1) is 14.8. The van der Waals surface area contributed by atoms with Crippen molar-refractivity contribution in [3.05, 3.63) is 71.3 Å². The van der Waals surface area contributed by atoms with Crippen molar-refractivity contribution in [2.75, 3.05) is 6.54 Å². The van der Waals surface area contributed by atoms with Crippen molar-refractivity contribution < 1.29 is 9.90 Å². The molecule has 22 heavy (non-hydrogen) atoms. The zero-order valence-electron chi connectivity index (χ0n) is 12.8. The van der Waals surface area contributed by atoms with Crippen molar-refractivity contribution in [1.29, 1.82) is 0 Å². The molecule has 3 heteroatoms. The third kappa shape index (κ3) is 2.90. The summed E-state index contributed by atoms with van der Waals surface area (Å²) < 4.78 is 0. The van der Waals surface area contributed by atoms with E-state index in [4.69, 9.17) is 0 Å². The predicted octanol–water partition coefficient (Wildman–Crippen LogP) is 3.63.